The van der Waals surface area contributed by atoms with Crippen LogP contribution in [0.1, 0.15) is 133 Å². The van der Waals surface area contributed by atoms with Crippen molar-refractivity contribution in [2.24, 2.45) is 52.3 Å². The van der Waals surface area contributed by atoms with Crippen molar-refractivity contribution in [1.82, 2.24) is 0 Å². The van der Waals surface area contributed by atoms with Crippen LogP contribution >= 0.6 is 0 Å². The highest BCUT2D eigenvalue weighted by Crippen LogP contribution is 2.68. The number of ether oxygens (including phenoxy) is 2. The number of esters is 2. The summed E-state index contributed by atoms with van der Waals surface area (Å²) in [5.74, 6) is 5.11. The molecule has 51 heavy (non-hydrogen) atoms. The van der Waals surface area contributed by atoms with Crippen LogP contribution in [0.2, 0.25) is 0 Å². The summed E-state index contributed by atoms with van der Waals surface area (Å²) >= 11 is 0. The molecular formula is C45H64N2O4. The molecule has 278 valence electrons. The first-order valence-corrected chi connectivity index (χ1v) is 20.2. The molecule has 6 nitrogen and oxygen atoms in total. The van der Waals surface area contributed by atoms with Gasteiger partial charge in [-0.25, -0.2) is 9.59 Å². The maximum atomic E-state index is 13.3. The average Bonchev–Trinajstić information content (AvgIpc) is 3.46. The average molecular weight is 697 g/mol. The van der Waals surface area contributed by atoms with E-state index < -0.39 is 5.97 Å². The molecule has 0 radical (unpaired) electrons. The number of benzene rings is 2. The molecule has 4 saturated carbocycles. The van der Waals surface area contributed by atoms with Crippen LogP contribution in [0.4, 0.5) is 11.4 Å². The molecule has 4 N–H and O–H groups in total. The van der Waals surface area contributed by atoms with E-state index in [-0.39, 0.29) is 18.7 Å². The Morgan fingerprint density at radius 1 is 0.882 bits per heavy atom. The Morgan fingerprint density at radius 3 is 2.37 bits per heavy atom. The predicted molar refractivity (Wildman–Crippen MR) is 208 cm³/mol. The van der Waals surface area contributed by atoms with Gasteiger partial charge in [0.1, 0.15) is 6.10 Å². The molecule has 9 unspecified atom stereocenters. The van der Waals surface area contributed by atoms with Crippen LogP contribution in [0.25, 0.3) is 6.08 Å². The lowest BCUT2D eigenvalue weighted by atomic mass is 9.44. The van der Waals surface area contributed by atoms with Crippen molar-refractivity contribution in [2.75, 3.05) is 18.1 Å². The molecule has 0 spiro atoms. The fraction of sp³-hybridized carbons (Fsp3) is 0.644. The minimum Gasteiger partial charge on any atom is -0.462 e. The van der Waals surface area contributed by atoms with E-state index in [1.807, 2.05) is 18.2 Å². The van der Waals surface area contributed by atoms with Crippen molar-refractivity contribution >= 4 is 29.4 Å². The molecule has 6 rings (SSSR count). The van der Waals surface area contributed by atoms with Crippen LogP contribution in [-0.4, -0.2) is 24.6 Å². The molecule has 2 aromatic rings. The highest BCUT2D eigenvalue weighted by atomic mass is 16.5. The van der Waals surface area contributed by atoms with Gasteiger partial charge in [-0.2, -0.15) is 0 Å². The topological polar surface area (TPSA) is 105 Å². The first kappa shape index (κ1) is 37.5. The normalized spacial score (nSPS) is 32.2. The Bertz CT molecular complexity index is 1550. The summed E-state index contributed by atoms with van der Waals surface area (Å²) in [4.78, 5) is 25.5. The number of fused-ring (bicyclic) bond motifs is 5. The summed E-state index contributed by atoms with van der Waals surface area (Å²) in [6, 6.07) is 12.6. The highest BCUT2D eigenvalue weighted by molar-refractivity contribution is 5.90. The summed E-state index contributed by atoms with van der Waals surface area (Å²) < 4.78 is 11.5. The predicted octanol–water partition coefficient (Wildman–Crippen LogP) is 10.3. The van der Waals surface area contributed by atoms with Gasteiger partial charge in [-0.15, -0.1) is 0 Å². The number of carbonyl (C=O) groups is 2. The summed E-state index contributed by atoms with van der Waals surface area (Å²) in [6.45, 7) is 12.8. The Hall–Kier alpha value is -3.28. The molecule has 0 heterocycles. The monoisotopic (exact) mass is 696 g/mol. The summed E-state index contributed by atoms with van der Waals surface area (Å²) in [5.41, 5.74) is 16.1. The molecular weight excluding hydrogens is 633 g/mol. The van der Waals surface area contributed by atoms with E-state index in [4.69, 9.17) is 20.9 Å². The third-order valence-electron chi connectivity index (χ3n) is 14.4. The second-order valence-corrected chi connectivity index (χ2v) is 17.8. The molecule has 6 heteroatoms. The number of nitrogens with two attached hydrogens (primary N) is 2. The standard InChI is InChI=1S/C45H64N2O4/c1-29(2)7-6-8-30(3)38-18-19-39-37-17-15-34-27-36(21-24-44(34,4)40(37)22-25-45(38,39)5)51-43(49)33-12-9-31(10-13-33)11-20-42(48)50-26-23-32-14-16-35(46)28-41(32)47/h9-14,16,20,28-30,34,36-40H,6-8,15,17-19,21-27,46-47H2,1-5H3. The van der Waals surface area contributed by atoms with E-state index in [1.165, 1.54) is 70.3 Å². The van der Waals surface area contributed by atoms with Crippen molar-refractivity contribution in [1.29, 1.82) is 0 Å². The lowest BCUT2D eigenvalue weighted by molar-refractivity contribution is -0.137. The maximum Gasteiger partial charge on any atom is 0.338 e. The number of carbonyl (C=O) groups excluding carboxylic acids is 2. The van der Waals surface area contributed by atoms with Crippen molar-refractivity contribution in [2.45, 2.75) is 124 Å². The minimum absolute atomic E-state index is 0.0125. The van der Waals surface area contributed by atoms with Crippen molar-refractivity contribution in [3.05, 3.63) is 65.2 Å². The molecule has 0 bridgehead atoms. The van der Waals surface area contributed by atoms with Gasteiger partial charge in [-0.05, 0) is 152 Å². The Balaban J connectivity index is 0.972. The quantitative estimate of drug-likeness (QED) is 0.130. The SMILES string of the molecule is CC(C)CCCC(C)C1CCC2C3CCC4CC(OC(=O)c5ccc(C=CC(=O)OCCc6ccc(N)cc6N)cc5)CCC4(C)C3CCC12C. The van der Waals surface area contributed by atoms with Gasteiger partial charge in [-0.1, -0.05) is 72.1 Å². The van der Waals surface area contributed by atoms with Gasteiger partial charge in [0.25, 0.3) is 0 Å². The molecule has 2 aromatic carbocycles. The van der Waals surface area contributed by atoms with Gasteiger partial charge < -0.3 is 20.9 Å². The number of hydrogen-bond donors (Lipinski definition) is 2. The van der Waals surface area contributed by atoms with E-state index in [0.717, 1.165) is 59.5 Å². The summed E-state index contributed by atoms with van der Waals surface area (Å²) in [6.07, 6.45) is 19.2. The van der Waals surface area contributed by atoms with Crippen LogP contribution in [0.5, 0.6) is 0 Å². The first-order chi connectivity index (χ1) is 24.4. The number of anilines is 2. The van der Waals surface area contributed by atoms with E-state index in [2.05, 4.69) is 34.6 Å². The van der Waals surface area contributed by atoms with Crippen LogP contribution in [-0.2, 0) is 20.7 Å². The Kier molecular flexibility index (Phi) is 11.6. The van der Waals surface area contributed by atoms with Crippen LogP contribution < -0.4 is 11.5 Å². The molecule has 4 fully saturated rings. The molecule has 4 aliphatic carbocycles. The summed E-state index contributed by atoms with van der Waals surface area (Å²) in [7, 11) is 0. The van der Waals surface area contributed by atoms with Gasteiger partial charge in [0.15, 0.2) is 0 Å². The molecule has 0 amide bonds. The van der Waals surface area contributed by atoms with Crippen LogP contribution in [0.15, 0.2) is 48.5 Å². The molecule has 4 aliphatic rings. The van der Waals surface area contributed by atoms with Crippen molar-refractivity contribution in [3.63, 3.8) is 0 Å². The molecule has 0 saturated heterocycles. The number of rotatable bonds is 12. The highest BCUT2D eigenvalue weighted by Gasteiger charge is 2.60. The van der Waals surface area contributed by atoms with E-state index in [1.54, 1.807) is 30.3 Å². The van der Waals surface area contributed by atoms with Crippen LogP contribution in [0, 0.1) is 52.3 Å². The van der Waals surface area contributed by atoms with E-state index >= 15 is 0 Å². The zero-order valence-corrected chi connectivity index (χ0v) is 32.0. The summed E-state index contributed by atoms with van der Waals surface area (Å²) in [5, 5.41) is 0. The fourth-order valence-corrected chi connectivity index (χ4v) is 11.6. The second kappa shape index (κ2) is 15.8. The Morgan fingerprint density at radius 2 is 1.63 bits per heavy atom. The van der Waals surface area contributed by atoms with Crippen molar-refractivity contribution in [3.8, 4) is 0 Å². The number of nitrogen functional groups attached to an aromatic ring is 2. The van der Waals surface area contributed by atoms with Gasteiger partial charge >= 0.3 is 11.9 Å². The minimum atomic E-state index is -0.428. The zero-order valence-electron chi connectivity index (χ0n) is 32.0. The van der Waals surface area contributed by atoms with E-state index in [9.17, 15) is 9.59 Å². The Labute approximate surface area is 307 Å². The van der Waals surface area contributed by atoms with E-state index in [0.29, 0.717) is 40.1 Å². The lowest BCUT2D eigenvalue weighted by Gasteiger charge is -2.61. The van der Waals surface area contributed by atoms with Crippen LogP contribution in [0.3, 0.4) is 0 Å². The molecule has 9 atom stereocenters. The third kappa shape index (κ3) is 8.20. The molecule has 0 aromatic heterocycles. The van der Waals surface area contributed by atoms with Gasteiger partial charge in [-0.3, -0.25) is 0 Å². The smallest absolute Gasteiger partial charge is 0.338 e. The lowest BCUT2D eigenvalue weighted by Crippen LogP contribution is -2.54. The zero-order chi connectivity index (χ0) is 36.3. The third-order valence-corrected chi connectivity index (χ3v) is 14.4. The fourth-order valence-electron chi connectivity index (χ4n) is 11.6. The largest absolute Gasteiger partial charge is 0.462 e. The van der Waals surface area contributed by atoms with Gasteiger partial charge in [0.2, 0.25) is 0 Å². The number of hydrogen-bond acceptors (Lipinski definition) is 6. The second-order valence-electron chi connectivity index (χ2n) is 17.8. The van der Waals surface area contributed by atoms with Crippen molar-refractivity contribution < 1.29 is 19.1 Å². The first-order valence-electron chi connectivity index (χ1n) is 20.2. The molecule has 0 aliphatic heterocycles. The van der Waals surface area contributed by atoms with Gasteiger partial charge in [0.05, 0.1) is 12.2 Å². The van der Waals surface area contributed by atoms with Gasteiger partial charge in [0, 0.05) is 23.9 Å². The maximum absolute atomic E-state index is 13.3.